The van der Waals surface area contributed by atoms with Gasteiger partial charge in [-0.3, -0.25) is 0 Å². The summed E-state index contributed by atoms with van der Waals surface area (Å²) in [7, 11) is -1.49. The average Bonchev–Trinajstić information content (AvgIpc) is 3.16. The number of furan rings is 1. The molecule has 0 unspecified atom stereocenters. The first-order valence-corrected chi connectivity index (χ1v) is 10.8. The average molecular weight is 419 g/mol. The summed E-state index contributed by atoms with van der Waals surface area (Å²) in [4.78, 5) is 2.23. The maximum atomic E-state index is 9.53. The molecule has 156 valence electrons. The molecule has 1 aromatic heterocycles. The van der Waals surface area contributed by atoms with Crippen molar-refractivity contribution in [3.8, 4) is 0 Å². The second kappa shape index (κ2) is 6.73. The molecule has 0 aliphatic carbocycles. The van der Waals surface area contributed by atoms with E-state index in [0.29, 0.717) is 5.46 Å². The molecule has 1 aliphatic heterocycles. The van der Waals surface area contributed by atoms with Gasteiger partial charge in [0, 0.05) is 27.9 Å². The van der Waals surface area contributed by atoms with E-state index in [1.165, 1.54) is 11.1 Å². The number of nitrogens with zero attached hydrogens (tertiary/aromatic N) is 1. The van der Waals surface area contributed by atoms with Gasteiger partial charge < -0.3 is 19.4 Å². The largest absolute Gasteiger partial charge is 0.488 e. The standard InChI is InChI=1S/C27H22BNO3/c1-27(2)21-8-4-5-9-23(21)29(18-13-11-17(12-14-18)28(30)31)24-16-26-20(15-22(24)27)19-7-3-6-10-25(19)32-26/h3-16,30-31H,1-2H3. The lowest BCUT2D eigenvalue weighted by molar-refractivity contribution is 0.426. The summed E-state index contributed by atoms with van der Waals surface area (Å²) in [5, 5.41) is 21.3. The van der Waals surface area contributed by atoms with Crippen molar-refractivity contribution >= 4 is 51.6 Å². The molecule has 0 spiro atoms. The maximum Gasteiger partial charge on any atom is 0.488 e. The first-order chi connectivity index (χ1) is 15.4. The van der Waals surface area contributed by atoms with E-state index < -0.39 is 7.12 Å². The summed E-state index contributed by atoms with van der Waals surface area (Å²) in [5.41, 5.74) is 7.60. The second-order valence-electron chi connectivity index (χ2n) is 8.91. The van der Waals surface area contributed by atoms with E-state index in [0.717, 1.165) is 39.0 Å². The summed E-state index contributed by atoms with van der Waals surface area (Å²) in [6.45, 7) is 4.53. The fourth-order valence-electron chi connectivity index (χ4n) is 4.99. The fraction of sp³-hybridized carbons (Fsp3) is 0.111. The SMILES string of the molecule is CC1(C)c2ccccc2N(c2ccc(B(O)O)cc2)c2cc3oc4ccccc4c3cc21. The smallest absolute Gasteiger partial charge is 0.456 e. The third kappa shape index (κ3) is 2.65. The van der Waals surface area contributed by atoms with Gasteiger partial charge >= 0.3 is 7.12 Å². The number of hydrogen-bond acceptors (Lipinski definition) is 4. The molecule has 0 atom stereocenters. The minimum Gasteiger partial charge on any atom is -0.456 e. The van der Waals surface area contributed by atoms with Gasteiger partial charge in [0.15, 0.2) is 0 Å². The normalized spacial score (nSPS) is 14.4. The number of rotatable bonds is 2. The predicted octanol–water partition coefficient (Wildman–Crippen LogP) is 5.37. The molecule has 0 radical (unpaired) electrons. The van der Waals surface area contributed by atoms with Crippen molar-refractivity contribution in [2.45, 2.75) is 19.3 Å². The molecule has 32 heavy (non-hydrogen) atoms. The lowest BCUT2D eigenvalue weighted by Gasteiger charge is -2.42. The van der Waals surface area contributed by atoms with Gasteiger partial charge in [-0.1, -0.05) is 62.4 Å². The van der Waals surface area contributed by atoms with E-state index >= 15 is 0 Å². The third-order valence-corrected chi connectivity index (χ3v) is 6.68. The van der Waals surface area contributed by atoms with Crippen LogP contribution in [0.3, 0.4) is 0 Å². The van der Waals surface area contributed by atoms with Crippen molar-refractivity contribution in [2.75, 3.05) is 4.90 Å². The van der Waals surface area contributed by atoms with Crippen LogP contribution >= 0.6 is 0 Å². The summed E-state index contributed by atoms with van der Waals surface area (Å²) >= 11 is 0. The van der Waals surface area contributed by atoms with Gasteiger partial charge in [-0.15, -0.1) is 0 Å². The summed E-state index contributed by atoms with van der Waals surface area (Å²) in [6, 6.07) is 28.4. The minimum absolute atomic E-state index is 0.198. The van der Waals surface area contributed by atoms with Gasteiger partial charge in [-0.25, -0.2) is 0 Å². The monoisotopic (exact) mass is 419 g/mol. The van der Waals surface area contributed by atoms with Gasteiger partial charge in [-0.2, -0.15) is 0 Å². The molecule has 0 fully saturated rings. The second-order valence-corrected chi connectivity index (χ2v) is 8.91. The molecule has 0 amide bonds. The number of para-hydroxylation sites is 2. The number of benzene rings is 4. The van der Waals surface area contributed by atoms with Crippen molar-refractivity contribution in [1.29, 1.82) is 0 Å². The molecule has 2 heterocycles. The zero-order valence-corrected chi connectivity index (χ0v) is 17.9. The quantitative estimate of drug-likeness (QED) is 0.378. The van der Waals surface area contributed by atoms with Gasteiger partial charge in [0.05, 0.1) is 11.4 Å². The van der Waals surface area contributed by atoms with Crippen LogP contribution in [0.1, 0.15) is 25.0 Å². The van der Waals surface area contributed by atoms with E-state index in [-0.39, 0.29) is 5.41 Å². The zero-order valence-electron chi connectivity index (χ0n) is 17.9. The lowest BCUT2D eigenvalue weighted by atomic mass is 9.73. The van der Waals surface area contributed by atoms with Crippen molar-refractivity contribution < 1.29 is 14.5 Å². The highest BCUT2D eigenvalue weighted by molar-refractivity contribution is 6.58. The molecule has 4 nitrogen and oxygen atoms in total. The maximum absolute atomic E-state index is 9.53. The van der Waals surface area contributed by atoms with Crippen LogP contribution in [0, 0.1) is 0 Å². The number of hydrogen-bond donors (Lipinski definition) is 2. The first kappa shape index (κ1) is 19.2. The molecule has 0 saturated carbocycles. The Morgan fingerprint density at radius 3 is 2.22 bits per heavy atom. The van der Waals surface area contributed by atoms with Gasteiger partial charge in [0.25, 0.3) is 0 Å². The minimum atomic E-state index is -1.49. The Labute approximate surface area is 186 Å². The van der Waals surface area contributed by atoms with Crippen molar-refractivity contribution in [1.82, 2.24) is 0 Å². The molecule has 5 heteroatoms. The van der Waals surface area contributed by atoms with E-state index in [2.05, 4.69) is 61.2 Å². The lowest BCUT2D eigenvalue weighted by Crippen LogP contribution is -2.32. The zero-order chi connectivity index (χ0) is 22.0. The van der Waals surface area contributed by atoms with Gasteiger partial charge in [0.2, 0.25) is 0 Å². The highest BCUT2D eigenvalue weighted by Crippen LogP contribution is 2.53. The molecular weight excluding hydrogens is 397 g/mol. The highest BCUT2D eigenvalue weighted by atomic mass is 16.4. The van der Waals surface area contributed by atoms with E-state index in [1.807, 2.05) is 30.3 Å². The van der Waals surface area contributed by atoms with Crippen LogP contribution in [0.4, 0.5) is 17.1 Å². The third-order valence-electron chi connectivity index (χ3n) is 6.68. The summed E-state index contributed by atoms with van der Waals surface area (Å²) in [5.74, 6) is 0. The van der Waals surface area contributed by atoms with E-state index in [1.54, 1.807) is 12.1 Å². The molecule has 6 rings (SSSR count). The van der Waals surface area contributed by atoms with E-state index in [9.17, 15) is 10.0 Å². The fourth-order valence-corrected chi connectivity index (χ4v) is 4.99. The van der Waals surface area contributed by atoms with Crippen molar-refractivity contribution in [2.24, 2.45) is 0 Å². The first-order valence-electron chi connectivity index (χ1n) is 10.8. The molecule has 0 bridgehead atoms. The van der Waals surface area contributed by atoms with Crippen molar-refractivity contribution in [3.63, 3.8) is 0 Å². The van der Waals surface area contributed by atoms with Crippen LogP contribution < -0.4 is 10.4 Å². The van der Waals surface area contributed by atoms with Crippen LogP contribution in [0.25, 0.3) is 21.9 Å². The van der Waals surface area contributed by atoms with Crippen LogP contribution in [0.2, 0.25) is 0 Å². The van der Waals surface area contributed by atoms with E-state index in [4.69, 9.17) is 4.42 Å². The Hall–Kier alpha value is -3.54. The van der Waals surface area contributed by atoms with Crippen LogP contribution in [0.5, 0.6) is 0 Å². The topological polar surface area (TPSA) is 56.8 Å². The predicted molar refractivity (Wildman–Crippen MR) is 130 cm³/mol. The Balaban J connectivity index is 1.66. The molecule has 0 saturated heterocycles. The Morgan fingerprint density at radius 2 is 1.44 bits per heavy atom. The van der Waals surface area contributed by atoms with Crippen LogP contribution in [-0.2, 0) is 5.41 Å². The Morgan fingerprint density at radius 1 is 0.719 bits per heavy atom. The summed E-state index contributed by atoms with van der Waals surface area (Å²) in [6.07, 6.45) is 0. The van der Waals surface area contributed by atoms with Gasteiger partial charge in [-0.05, 0) is 46.9 Å². The molecule has 4 aromatic carbocycles. The van der Waals surface area contributed by atoms with Crippen molar-refractivity contribution in [3.05, 3.63) is 96.1 Å². The number of fused-ring (bicyclic) bond motifs is 5. The Kier molecular flexibility index (Phi) is 4.03. The molecule has 2 N–H and O–H groups in total. The van der Waals surface area contributed by atoms with Crippen LogP contribution in [0.15, 0.2) is 89.3 Å². The number of anilines is 3. The molecule has 5 aromatic rings. The summed E-state index contributed by atoms with van der Waals surface area (Å²) < 4.78 is 6.22. The van der Waals surface area contributed by atoms with Crippen LogP contribution in [-0.4, -0.2) is 17.2 Å². The van der Waals surface area contributed by atoms with Gasteiger partial charge in [0.1, 0.15) is 11.2 Å². The Bertz CT molecular complexity index is 1480. The molecule has 1 aliphatic rings. The highest BCUT2D eigenvalue weighted by Gasteiger charge is 2.37. The molecular formula is C27H22BNO3.